The Balaban J connectivity index is 2.88. The number of carbonyl (C=O) groups excluding carboxylic acids is 2. The van der Waals surface area contributed by atoms with Gasteiger partial charge in [0, 0.05) is 6.54 Å². The van der Waals surface area contributed by atoms with Gasteiger partial charge in [0.15, 0.2) is 0 Å². The molecule has 20 heavy (non-hydrogen) atoms. The second kappa shape index (κ2) is 5.23. The molecular formula is C12H19F3N2O3. The molecule has 0 aliphatic carbocycles. The van der Waals surface area contributed by atoms with Gasteiger partial charge in [0.25, 0.3) is 0 Å². The number of nitrogens with zero attached hydrogens (tertiary/aromatic N) is 1. The van der Waals surface area contributed by atoms with Crippen molar-refractivity contribution in [3.63, 3.8) is 0 Å². The minimum atomic E-state index is -4.75. The molecule has 0 spiro atoms. The molecule has 1 atom stereocenters. The monoisotopic (exact) mass is 296 g/mol. The molecule has 0 radical (unpaired) electrons. The summed E-state index contributed by atoms with van der Waals surface area (Å²) in [6, 6.07) is 0. The van der Waals surface area contributed by atoms with E-state index in [4.69, 9.17) is 0 Å². The first-order valence-electron chi connectivity index (χ1n) is 6.29. The minimum absolute atomic E-state index is 0.297. The molecule has 0 aromatic rings. The van der Waals surface area contributed by atoms with Crippen molar-refractivity contribution < 1.29 is 27.5 Å². The van der Waals surface area contributed by atoms with E-state index in [0.29, 0.717) is 6.42 Å². The van der Waals surface area contributed by atoms with E-state index in [0.717, 1.165) is 4.90 Å². The Labute approximate surface area is 115 Å². The first-order valence-corrected chi connectivity index (χ1v) is 6.29. The van der Waals surface area contributed by atoms with Gasteiger partial charge in [-0.1, -0.05) is 6.92 Å². The van der Waals surface area contributed by atoms with Crippen molar-refractivity contribution in [1.29, 1.82) is 0 Å². The molecule has 0 saturated carbocycles. The largest absolute Gasteiger partial charge is 0.522 e. The number of rotatable bonds is 4. The number of piperazine rings is 1. The second-order valence-corrected chi connectivity index (χ2v) is 5.45. The molecule has 0 aromatic carbocycles. The first kappa shape index (κ1) is 16.7. The summed E-state index contributed by atoms with van der Waals surface area (Å²) in [7, 11) is 0. The van der Waals surface area contributed by atoms with Gasteiger partial charge in [-0.3, -0.25) is 14.3 Å². The lowest BCUT2D eigenvalue weighted by atomic mass is 9.87. The van der Waals surface area contributed by atoms with Gasteiger partial charge < -0.3 is 10.2 Å². The average molecular weight is 296 g/mol. The van der Waals surface area contributed by atoms with Gasteiger partial charge in [0.1, 0.15) is 11.1 Å². The molecule has 1 saturated heterocycles. The normalized spacial score (nSPS) is 26.6. The zero-order chi connectivity index (χ0) is 15.8. The van der Waals surface area contributed by atoms with Crippen molar-refractivity contribution in [2.45, 2.75) is 51.6 Å². The predicted molar refractivity (Wildman–Crippen MR) is 64.6 cm³/mol. The summed E-state index contributed by atoms with van der Waals surface area (Å²) < 4.78 is 39.7. The smallest absolute Gasteiger partial charge is 0.340 e. The van der Waals surface area contributed by atoms with Crippen LogP contribution in [0, 0.1) is 0 Å². The predicted octanol–water partition coefficient (Wildman–Crippen LogP) is 1.43. The quantitative estimate of drug-likeness (QED) is 0.854. The highest BCUT2D eigenvalue weighted by molar-refractivity contribution is 6.01. The first-order chi connectivity index (χ1) is 8.94. The fourth-order valence-electron chi connectivity index (χ4n) is 2.00. The van der Waals surface area contributed by atoms with Crippen LogP contribution >= 0.6 is 0 Å². The topological polar surface area (TPSA) is 58.6 Å². The van der Waals surface area contributed by atoms with Gasteiger partial charge in [0.05, 0.1) is 6.61 Å². The van der Waals surface area contributed by atoms with Gasteiger partial charge in [-0.15, -0.1) is 13.2 Å². The third-order valence-corrected chi connectivity index (χ3v) is 3.62. The fourth-order valence-corrected chi connectivity index (χ4v) is 2.00. The average Bonchev–Trinajstić information content (AvgIpc) is 2.30. The zero-order valence-electron chi connectivity index (χ0n) is 11.9. The van der Waals surface area contributed by atoms with Crippen LogP contribution in [0.4, 0.5) is 13.2 Å². The number of nitrogens with one attached hydrogen (secondary N) is 1. The maximum atomic E-state index is 12.4. The maximum Gasteiger partial charge on any atom is 0.522 e. The molecule has 1 heterocycles. The maximum absolute atomic E-state index is 12.4. The van der Waals surface area contributed by atoms with Crippen LogP contribution in [0.3, 0.4) is 0 Å². The lowest BCUT2D eigenvalue weighted by Crippen LogP contribution is -2.73. The van der Waals surface area contributed by atoms with Crippen LogP contribution < -0.4 is 5.32 Å². The Kier molecular flexibility index (Phi) is 4.38. The Morgan fingerprint density at radius 3 is 2.25 bits per heavy atom. The van der Waals surface area contributed by atoms with Crippen molar-refractivity contribution >= 4 is 11.8 Å². The van der Waals surface area contributed by atoms with Crippen molar-refractivity contribution in [3.05, 3.63) is 0 Å². The number of hydrogen-bond acceptors (Lipinski definition) is 3. The lowest BCUT2D eigenvalue weighted by Gasteiger charge is -2.48. The van der Waals surface area contributed by atoms with Crippen LogP contribution in [-0.2, 0) is 14.3 Å². The van der Waals surface area contributed by atoms with Gasteiger partial charge in [-0.2, -0.15) is 0 Å². The summed E-state index contributed by atoms with van der Waals surface area (Å²) in [6.07, 6.45) is -4.40. The molecule has 2 amide bonds. The van der Waals surface area contributed by atoms with Crippen molar-refractivity contribution in [1.82, 2.24) is 10.2 Å². The molecule has 1 N–H and O–H groups in total. The molecule has 1 unspecified atom stereocenters. The van der Waals surface area contributed by atoms with E-state index in [2.05, 4.69) is 10.1 Å². The van der Waals surface area contributed by atoms with Crippen molar-refractivity contribution in [2.75, 3.05) is 13.2 Å². The van der Waals surface area contributed by atoms with Crippen molar-refractivity contribution in [3.8, 4) is 0 Å². The van der Waals surface area contributed by atoms with E-state index in [-0.39, 0.29) is 6.54 Å². The Bertz CT molecular complexity index is 409. The fraction of sp³-hybridized carbons (Fsp3) is 0.833. The Morgan fingerprint density at radius 2 is 1.80 bits per heavy atom. The van der Waals surface area contributed by atoms with E-state index in [1.807, 2.05) is 0 Å². The molecule has 5 nitrogen and oxygen atoms in total. The van der Waals surface area contributed by atoms with E-state index in [9.17, 15) is 22.8 Å². The van der Waals surface area contributed by atoms with Crippen LogP contribution in [0.5, 0.6) is 0 Å². The molecule has 8 heteroatoms. The number of hydrogen-bond donors (Lipinski definition) is 1. The van der Waals surface area contributed by atoms with Crippen LogP contribution in [-0.4, -0.2) is 47.3 Å². The van der Waals surface area contributed by atoms with Crippen LogP contribution in [0.25, 0.3) is 0 Å². The molecule has 1 aliphatic rings. The van der Waals surface area contributed by atoms with Gasteiger partial charge in [-0.05, 0) is 27.2 Å². The third-order valence-electron chi connectivity index (χ3n) is 3.62. The summed E-state index contributed by atoms with van der Waals surface area (Å²) in [5.41, 5.74) is -2.30. The van der Waals surface area contributed by atoms with Crippen molar-refractivity contribution in [2.24, 2.45) is 0 Å². The lowest BCUT2D eigenvalue weighted by molar-refractivity contribution is -0.325. The number of halogens is 3. The Hall–Kier alpha value is -1.31. The molecular weight excluding hydrogens is 277 g/mol. The van der Waals surface area contributed by atoms with E-state index in [1.165, 1.54) is 13.8 Å². The third kappa shape index (κ3) is 3.23. The highest BCUT2D eigenvalue weighted by atomic mass is 19.4. The highest BCUT2D eigenvalue weighted by Gasteiger charge is 2.51. The summed E-state index contributed by atoms with van der Waals surface area (Å²) in [4.78, 5) is 25.5. The van der Waals surface area contributed by atoms with E-state index < -0.39 is 35.9 Å². The summed E-state index contributed by atoms with van der Waals surface area (Å²) in [5.74, 6) is -0.802. The summed E-state index contributed by atoms with van der Waals surface area (Å²) >= 11 is 0. The van der Waals surface area contributed by atoms with Gasteiger partial charge in [0.2, 0.25) is 11.8 Å². The van der Waals surface area contributed by atoms with E-state index in [1.54, 1.807) is 13.8 Å². The van der Waals surface area contributed by atoms with Gasteiger partial charge >= 0.3 is 6.36 Å². The number of amides is 2. The number of alkyl halides is 3. The number of ether oxygens (including phenoxy) is 1. The van der Waals surface area contributed by atoms with Crippen LogP contribution in [0.1, 0.15) is 34.1 Å². The number of carbonyl (C=O) groups is 2. The minimum Gasteiger partial charge on any atom is -0.340 e. The zero-order valence-corrected chi connectivity index (χ0v) is 11.9. The molecule has 116 valence electrons. The molecule has 1 rings (SSSR count). The van der Waals surface area contributed by atoms with Gasteiger partial charge in [-0.25, -0.2) is 0 Å². The highest BCUT2D eigenvalue weighted by Crippen LogP contribution is 2.28. The molecule has 0 aromatic heterocycles. The molecule has 0 bridgehead atoms. The SMILES string of the molecule is CCC1(C)NC(=O)C(C)(C)N(CCOC(F)(F)F)C1=O. The molecule has 1 fully saturated rings. The van der Waals surface area contributed by atoms with E-state index >= 15 is 0 Å². The molecule has 1 aliphatic heterocycles. The van der Waals surface area contributed by atoms with Crippen LogP contribution in [0.15, 0.2) is 0 Å². The summed E-state index contributed by atoms with van der Waals surface area (Å²) in [5, 5.41) is 2.63. The summed E-state index contributed by atoms with van der Waals surface area (Å²) in [6.45, 7) is 5.26. The van der Waals surface area contributed by atoms with Crippen LogP contribution in [0.2, 0.25) is 0 Å². The second-order valence-electron chi connectivity index (χ2n) is 5.45. The Morgan fingerprint density at radius 1 is 1.25 bits per heavy atom. The standard InChI is InChI=1S/C12H19F3N2O3/c1-5-11(4)9(19)17(6-7-20-12(13,14)15)10(2,3)8(18)16-11/h5-7H2,1-4H3,(H,16,18).